The van der Waals surface area contributed by atoms with Gasteiger partial charge in [-0.3, -0.25) is 0 Å². The van der Waals surface area contributed by atoms with Gasteiger partial charge in [-0.25, -0.2) is 0 Å². The first-order valence-corrected chi connectivity index (χ1v) is 8.42. The first-order chi connectivity index (χ1) is 6.04. The van der Waals surface area contributed by atoms with E-state index in [2.05, 4.69) is 45.1 Å². The lowest BCUT2D eigenvalue weighted by atomic mass is 10.6. The zero-order valence-corrected chi connectivity index (χ0v) is 10.8. The Morgan fingerprint density at radius 3 is 2.31 bits per heavy atom. The molecule has 78 valence electrons. The summed E-state index contributed by atoms with van der Waals surface area (Å²) in [5, 5.41) is 0. The van der Waals surface area contributed by atoms with E-state index in [1.54, 1.807) is 0 Å². The van der Waals surface area contributed by atoms with Gasteiger partial charge in [-0.1, -0.05) is 32.0 Å². The van der Waals surface area contributed by atoms with Crippen LogP contribution in [0.2, 0.25) is 24.7 Å². The number of allylic oxidation sites excluding steroid dienone is 1. The highest BCUT2D eigenvalue weighted by Crippen LogP contribution is 2.22. The van der Waals surface area contributed by atoms with Crippen molar-refractivity contribution in [3.05, 3.63) is 12.7 Å². The molecule has 0 spiro atoms. The Morgan fingerprint density at radius 1 is 1.31 bits per heavy atom. The lowest BCUT2D eigenvalue weighted by Crippen LogP contribution is -2.32. The number of nitrogens with zero attached hydrogens (tertiary/aromatic N) is 1. The van der Waals surface area contributed by atoms with Gasteiger partial charge in [0, 0.05) is 0 Å². The van der Waals surface area contributed by atoms with E-state index in [-0.39, 0.29) is 0 Å². The molecule has 0 aromatic rings. The van der Waals surface area contributed by atoms with Gasteiger partial charge in [-0.2, -0.15) is 0 Å². The van der Waals surface area contributed by atoms with Gasteiger partial charge in [0.15, 0.2) is 0 Å². The van der Waals surface area contributed by atoms with Gasteiger partial charge in [0.1, 0.15) is 0 Å². The fourth-order valence-electron chi connectivity index (χ4n) is 1.77. The lowest BCUT2D eigenvalue weighted by molar-refractivity contribution is 0.430. The van der Waals surface area contributed by atoms with E-state index >= 15 is 0 Å². The maximum Gasteiger partial charge on any atom is 0.0554 e. The molecular weight excluding hydrogens is 174 g/mol. The molecule has 13 heavy (non-hydrogen) atoms. The van der Waals surface area contributed by atoms with Crippen molar-refractivity contribution in [1.82, 2.24) is 4.90 Å². The van der Waals surface area contributed by atoms with E-state index < -0.39 is 8.07 Å². The zero-order valence-electron chi connectivity index (χ0n) is 9.77. The van der Waals surface area contributed by atoms with E-state index in [9.17, 15) is 0 Å². The molecule has 1 nitrogen and oxygen atoms in total. The Kier molecular flexibility index (Phi) is 6.34. The van der Waals surface area contributed by atoms with E-state index in [1.807, 2.05) is 0 Å². The third-order valence-electron chi connectivity index (χ3n) is 2.65. The summed E-state index contributed by atoms with van der Waals surface area (Å²) in [6.45, 7) is 9.93. The van der Waals surface area contributed by atoms with Crippen LogP contribution in [-0.4, -0.2) is 33.6 Å². The van der Waals surface area contributed by atoms with E-state index in [1.165, 1.54) is 31.1 Å². The molecule has 0 saturated carbocycles. The molecule has 1 atom stereocenters. The quantitative estimate of drug-likeness (QED) is 0.449. The average molecular weight is 199 g/mol. The molecule has 0 bridgehead atoms. The van der Waals surface area contributed by atoms with Crippen molar-refractivity contribution in [2.24, 2.45) is 0 Å². The van der Waals surface area contributed by atoms with Crippen molar-refractivity contribution in [1.29, 1.82) is 0 Å². The first-order valence-electron chi connectivity index (χ1n) is 5.29. The van der Waals surface area contributed by atoms with Crippen molar-refractivity contribution in [2.75, 3.05) is 20.6 Å². The molecular formula is C11H25NSi. The second-order valence-corrected chi connectivity index (χ2v) is 9.64. The van der Waals surface area contributed by atoms with Gasteiger partial charge in [-0.05, 0) is 32.7 Å². The smallest absolute Gasteiger partial charge is 0.0554 e. The normalized spacial score (nSPS) is 15.8. The number of hydrogen-bond acceptors (Lipinski definition) is 1. The maximum absolute atomic E-state index is 3.88. The summed E-state index contributed by atoms with van der Waals surface area (Å²) in [4.78, 5) is 2.30. The first kappa shape index (κ1) is 12.9. The number of hydrogen-bond donors (Lipinski definition) is 0. The Balaban J connectivity index is 3.98. The van der Waals surface area contributed by atoms with E-state index in [4.69, 9.17) is 0 Å². The van der Waals surface area contributed by atoms with Gasteiger partial charge in [0.2, 0.25) is 0 Å². The van der Waals surface area contributed by atoms with Gasteiger partial charge in [-0.15, -0.1) is 6.58 Å². The van der Waals surface area contributed by atoms with Crippen LogP contribution in [0.15, 0.2) is 12.7 Å². The Morgan fingerprint density at radius 2 is 1.92 bits per heavy atom. The molecule has 0 aliphatic heterocycles. The highest BCUT2D eigenvalue weighted by molar-refractivity contribution is 6.79. The van der Waals surface area contributed by atoms with Gasteiger partial charge < -0.3 is 4.90 Å². The molecule has 1 unspecified atom stereocenters. The molecule has 0 aromatic heterocycles. The summed E-state index contributed by atoms with van der Waals surface area (Å²) in [7, 11) is 3.35. The van der Waals surface area contributed by atoms with Gasteiger partial charge in [0.25, 0.3) is 0 Å². The SMILES string of the molecule is C=CC[Si](C)(CCC)CCN(C)C. The highest BCUT2D eigenvalue weighted by atomic mass is 28.3. The molecule has 2 heteroatoms. The minimum atomic E-state index is -0.972. The van der Waals surface area contributed by atoms with E-state index in [0.717, 1.165) is 0 Å². The van der Waals surface area contributed by atoms with Gasteiger partial charge in [0.05, 0.1) is 8.07 Å². The summed E-state index contributed by atoms with van der Waals surface area (Å²) in [5.74, 6) is 0. The van der Waals surface area contributed by atoms with Crippen LogP contribution in [0, 0.1) is 0 Å². The molecule has 0 amide bonds. The molecule has 0 saturated heterocycles. The second-order valence-electron chi connectivity index (χ2n) is 4.61. The molecule has 0 radical (unpaired) electrons. The van der Waals surface area contributed by atoms with Crippen LogP contribution in [0.3, 0.4) is 0 Å². The van der Waals surface area contributed by atoms with Crippen LogP contribution in [0.25, 0.3) is 0 Å². The zero-order chi connectivity index (χ0) is 10.3. The van der Waals surface area contributed by atoms with Crippen LogP contribution < -0.4 is 0 Å². The molecule has 0 rings (SSSR count). The molecule has 0 aromatic carbocycles. The van der Waals surface area contributed by atoms with Crippen LogP contribution in [0.4, 0.5) is 0 Å². The minimum Gasteiger partial charge on any atom is -0.310 e. The average Bonchev–Trinajstić information content (AvgIpc) is 2.02. The predicted octanol–water partition coefficient (Wildman–Crippen LogP) is 3.22. The summed E-state index contributed by atoms with van der Waals surface area (Å²) >= 11 is 0. The summed E-state index contributed by atoms with van der Waals surface area (Å²) in [6.07, 6.45) is 3.46. The van der Waals surface area contributed by atoms with E-state index in [0.29, 0.717) is 0 Å². The lowest BCUT2D eigenvalue weighted by Gasteiger charge is -2.27. The van der Waals surface area contributed by atoms with Crippen molar-refractivity contribution < 1.29 is 0 Å². The molecule has 0 aliphatic carbocycles. The Labute approximate surface area is 84.8 Å². The fourth-order valence-corrected chi connectivity index (χ4v) is 5.32. The predicted molar refractivity (Wildman–Crippen MR) is 65.1 cm³/mol. The third-order valence-corrected chi connectivity index (χ3v) is 7.07. The fraction of sp³-hybridized carbons (Fsp3) is 0.818. The largest absolute Gasteiger partial charge is 0.310 e. The summed E-state index contributed by atoms with van der Waals surface area (Å²) in [6, 6.07) is 4.15. The Hall–Kier alpha value is -0.0831. The molecule has 0 fully saturated rings. The summed E-state index contributed by atoms with van der Waals surface area (Å²) < 4.78 is 0. The maximum atomic E-state index is 3.88. The monoisotopic (exact) mass is 199 g/mol. The van der Waals surface area contributed by atoms with Crippen LogP contribution in [0.5, 0.6) is 0 Å². The molecule has 0 N–H and O–H groups in total. The van der Waals surface area contributed by atoms with Crippen molar-refractivity contribution in [3.63, 3.8) is 0 Å². The van der Waals surface area contributed by atoms with Crippen LogP contribution in [-0.2, 0) is 0 Å². The standard InChI is InChI=1S/C11H25NSi/c1-6-9-13(5,10-7-2)11-8-12(3)4/h6H,1,7-11H2,2-5H3. The summed E-state index contributed by atoms with van der Waals surface area (Å²) in [5.41, 5.74) is 0. The van der Waals surface area contributed by atoms with Gasteiger partial charge >= 0.3 is 0 Å². The van der Waals surface area contributed by atoms with Crippen molar-refractivity contribution in [3.8, 4) is 0 Å². The molecule has 0 aliphatic rings. The number of rotatable bonds is 7. The second kappa shape index (κ2) is 6.38. The minimum absolute atomic E-state index is 0.972. The molecule has 0 heterocycles. The Bertz CT molecular complexity index is 145. The van der Waals surface area contributed by atoms with Crippen molar-refractivity contribution >= 4 is 8.07 Å². The van der Waals surface area contributed by atoms with Crippen molar-refractivity contribution in [2.45, 2.75) is 38.0 Å². The highest BCUT2D eigenvalue weighted by Gasteiger charge is 2.23. The van der Waals surface area contributed by atoms with Crippen LogP contribution in [0.1, 0.15) is 13.3 Å². The van der Waals surface area contributed by atoms with Crippen LogP contribution >= 0.6 is 0 Å². The topological polar surface area (TPSA) is 3.24 Å². The third kappa shape index (κ3) is 6.05.